The fourth-order valence-electron chi connectivity index (χ4n) is 6.27. The zero-order valence-electron chi connectivity index (χ0n) is 20.2. The second kappa shape index (κ2) is 7.81. The molecule has 2 bridgehead atoms. The number of rotatable bonds is 5. The highest BCUT2D eigenvalue weighted by atomic mass is 19.1. The van der Waals surface area contributed by atoms with Gasteiger partial charge in [-0.25, -0.2) is 13.8 Å². The van der Waals surface area contributed by atoms with Crippen LogP contribution in [0.4, 0.5) is 8.78 Å². The van der Waals surface area contributed by atoms with Crippen LogP contribution < -0.4 is 0 Å². The topological polar surface area (TPSA) is 86.5 Å². The number of aromatic nitrogens is 6. The first-order valence-electron chi connectivity index (χ1n) is 11.9. The number of Topliss-reactive ketones (excluding diaryl/α,β-unsaturated/α-hetero) is 1. The average molecular weight is 487 g/mol. The van der Waals surface area contributed by atoms with Crippen molar-refractivity contribution in [1.29, 1.82) is 0 Å². The van der Waals surface area contributed by atoms with E-state index in [1.54, 1.807) is 29.3 Å². The third kappa shape index (κ3) is 3.08. The van der Waals surface area contributed by atoms with Crippen molar-refractivity contribution in [3.05, 3.63) is 77.5 Å². The van der Waals surface area contributed by atoms with E-state index in [-0.39, 0.29) is 34.9 Å². The highest BCUT2D eigenvalue weighted by Gasteiger charge is 2.65. The summed E-state index contributed by atoms with van der Waals surface area (Å²) in [4.78, 5) is 20.9. The van der Waals surface area contributed by atoms with E-state index in [2.05, 4.69) is 34.1 Å². The fraction of sp³-hybridized carbons (Fsp3) is 0.333. The van der Waals surface area contributed by atoms with Crippen molar-refractivity contribution in [3.8, 4) is 22.6 Å². The molecule has 0 N–H and O–H groups in total. The normalized spacial score (nSPS) is 21.5. The van der Waals surface area contributed by atoms with E-state index in [0.717, 1.165) is 29.8 Å². The molecule has 0 aliphatic heterocycles. The van der Waals surface area contributed by atoms with Gasteiger partial charge in [0.2, 0.25) is 0 Å². The zero-order valence-corrected chi connectivity index (χ0v) is 20.2. The van der Waals surface area contributed by atoms with E-state index in [1.807, 2.05) is 6.07 Å². The lowest BCUT2D eigenvalue weighted by Gasteiger charge is -2.37. The molecule has 182 valence electrons. The quantitative estimate of drug-likeness (QED) is 0.400. The van der Waals surface area contributed by atoms with E-state index < -0.39 is 17.0 Å². The largest absolute Gasteiger partial charge is 0.298 e. The lowest BCUT2D eigenvalue weighted by atomic mass is 9.66. The van der Waals surface area contributed by atoms with E-state index in [9.17, 15) is 13.6 Å². The number of hydrogen-bond donors (Lipinski definition) is 0. The number of halogens is 2. The number of carbonyl (C=O) groups is 1. The molecule has 6 rings (SSSR count). The Bertz CT molecular complexity index is 1510. The van der Waals surface area contributed by atoms with Crippen LogP contribution >= 0.6 is 0 Å². The molecule has 36 heavy (non-hydrogen) atoms. The minimum absolute atomic E-state index is 0.0119. The van der Waals surface area contributed by atoms with Gasteiger partial charge < -0.3 is 0 Å². The number of nitrogens with zero attached hydrogens (tertiary/aromatic N) is 6. The van der Waals surface area contributed by atoms with Gasteiger partial charge in [0.05, 0.1) is 40.8 Å². The van der Waals surface area contributed by atoms with Gasteiger partial charge in [-0.3, -0.25) is 14.5 Å². The molecule has 0 radical (unpaired) electrons. The third-order valence-corrected chi connectivity index (χ3v) is 7.96. The monoisotopic (exact) mass is 486 g/mol. The molecule has 3 heterocycles. The van der Waals surface area contributed by atoms with Crippen molar-refractivity contribution in [1.82, 2.24) is 29.9 Å². The first kappa shape index (κ1) is 22.6. The second-order valence-corrected chi connectivity index (χ2v) is 10.2. The molecule has 4 aromatic rings. The number of ketones is 1. The lowest BCUT2D eigenvalue weighted by Crippen LogP contribution is -2.38. The standard InChI is InChI=1S/C27H24F2N6O/c1-15(36)14-35-10-8-20(34-35)22-12-30-13-23(31-22)27-9-7-17(26(27,2)3)16-11-21(32-33-25(16)27)24-18(28)5-4-6-19(24)29/h4-6,8,10-13,17H,7,9,14H2,1-3H3/t17-,27-/m0/s1. The highest BCUT2D eigenvalue weighted by Crippen LogP contribution is 2.69. The van der Waals surface area contributed by atoms with Crippen LogP contribution in [0, 0.1) is 17.0 Å². The van der Waals surface area contributed by atoms with Crippen molar-refractivity contribution in [2.45, 2.75) is 51.5 Å². The Morgan fingerprint density at radius 3 is 2.61 bits per heavy atom. The van der Waals surface area contributed by atoms with Gasteiger partial charge in [0.15, 0.2) is 5.78 Å². The number of fused-ring (bicyclic) bond motifs is 5. The van der Waals surface area contributed by atoms with Crippen LogP contribution in [0.5, 0.6) is 0 Å². The Balaban J connectivity index is 1.46. The van der Waals surface area contributed by atoms with E-state index in [1.165, 1.54) is 25.1 Å². The van der Waals surface area contributed by atoms with Crippen molar-refractivity contribution in [3.63, 3.8) is 0 Å². The van der Waals surface area contributed by atoms with Gasteiger partial charge in [0, 0.05) is 12.4 Å². The Morgan fingerprint density at radius 1 is 1.08 bits per heavy atom. The van der Waals surface area contributed by atoms with Gasteiger partial charge in [0.1, 0.15) is 23.0 Å². The smallest absolute Gasteiger partial charge is 0.151 e. The summed E-state index contributed by atoms with van der Waals surface area (Å²) in [5, 5.41) is 13.3. The van der Waals surface area contributed by atoms with Crippen LogP contribution in [-0.2, 0) is 16.8 Å². The van der Waals surface area contributed by atoms with Crippen molar-refractivity contribution >= 4 is 5.78 Å². The average Bonchev–Trinajstić information content (AvgIpc) is 3.46. The van der Waals surface area contributed by atoms with Crippen molar-refractivity contribution in [2.75, 3.05) is 0 Å². The molecule has 0 amide bonds. The van der Waals surface area contributed by atoms with Crippen LogP contribution in [0.2, 0.25) is 0 Å². The maximum absolute atomic E-state index is 14.5. The maximum atomic E-state index is 14.5. The van der Waals surface area contributed by atoms with Crippen LogP contribution in [0.15, 0.2) is 48.9 Å². The molecule has 1 aromatic carbocycles. The highest BCUT2D eigenvalue weighted by molar-refractivity contribution is 5.75. The predicted molar refractivity (Wildman–Crippen MR) is 128 cm³/mol. The van der Waals surface area contributed by atoms with Gasteiger partial charge in [-0.05, 0) is 60.9 Å². The summed E-state index contributed by atoms with van der Waals surface area (Å²) in [5.74, 6) is -1.18. The minimum atomic E-state index is -0.663. The summed E-state index contributed by atoms with van der Waals surface area (Å²) in [5.41, 5.74) is 2.97. The first-order valence-corrected chi connectivity index (χ1v) is 11.9. The Hall–Kier alpha value is -3.88. The van der Waals surface area contributed by atoms with Gasteiger partial charge in [0.25, 0.3) is 0 Å². The molecule has 2 aliphatic carbocycles. The predicted octanol–water partition coefficient (Wildman–Crippen LogP) is 4.87. The summed E-state index contributed by atoms with van der Waals surface area (Å²) >= 11 is 0. The second-order valence-electron chi connectivity index (χ2n) is 10.2. The van der Waals surface area contributed by atoms with Gasteiger partial charge in [-0.15, -0.1) is 5.10 Å². The molecular weight excluding hydrogens is 462 g/mol. The lowest BCUT2D eigenvalue weighted by molar-refractivity contribution is -0.117. The number of hydrogen-bond acceptors (Lipinski definition) is 6. The number of benzene rings is 1. The summed E-state index contributed by atoms with van der Waals surface area (Å²) in [6.07, 6.45) is 6.88. The van der Waals surface area contributed by atoms with Crippen LogP contribution in [0.1, 0.15) is 56.5 Å². The van der Waals surface area contributed by atoms with Crippen LogP contribution in [0.25, 0.3) is 22.6 Å². The Morgan fingerprint density at radius 2 is 1.86 bits per heavy atom. The molecule has 9 heteroatoms. The molecule has 2 aliphatic rings. The first-order chi connectivity index (χ1) is 17.2. The Labute approximate surface area is 206 Å². The van der Waals surface area contributed by atoms with Crippen LogP contribution in [0.3, 0.4) is 0 Å². The van der Waals surface area contributed by atoms with E-state index in [0.29, 0.717) is 11.4 Å². The fourth-order valence-corrected chi connectivity index (χ4v) is 6.27. The molecule has 0 saturated heterocycles. The number of carbonyl (C=O) groups excluding carboxylic acids is 1. The third-order valence-electron chi connectivity index (χ3n) is 7.96. The molecule has 0 unspecified atom stereocenters. The Kier molecular flexibility index (Phi) is 4.90. The van der Waals surface area contributed by atoms with E-state index >= 15 is 0 Å². The minimum Gasteiger partial charge on any atom is -0.298 e. The molecule has 3 aromatic heterocycles. The van der Waals surface area contributed by atoms with Gasteiger partial charge in [-0.1, -0.05) is 19.9 Å². The molecule has 1 fully saturated rings. The summed E-state index contributed by atoms with van der Waals surface area (Å²) in [6, 6.07) is 7.39. The summed E-state index contributed by atoms with van der Waals surface area (Å²) in [6.45, 7) is 6.08. The molecule has 0 spiro atoms. The van der Waals surface area contributed by atoms with Gasteiger partial charge in [-0.2, -0.15) is 10.2 Å². The zero-order chi connectivity index (χ0) is 25.2. The molecular formula is C27H24F2N6O. The van der Waals surface area contributed by atoms with Gasteiger partial charge >= 0.3 is 0 Å². The molecule has 7 nitrogen and oxygen atoms in total. The summed E-state index contributed by atoms with van der Waals surface area (Å²) in [7, 11) is 0. The van der Waals surface area contributed by atoms with E-state index in [4.69, 9.17) is 4.98 Å². The SMILES string of the molecule is CC(=O)Cn1ccc(-c2cncc([C@@]34CC[C@@H](c5cc(-c6c(F)cccc6F)nnc53)C4(C)C)n2)n1. The van der Waals surface area contributed by atoms with Crippen molar-refractivity contribution in [2.24, 2.45) is 5.41 Å². The summed E-state index contributed by atoms with van der Waals surface area (Å²) < 4.78 is 30.6. The van der Waals surface area contributed by atoms with Crippen LogP contribution in [-0.4, -0.2) is 35.7 Å². The maximum Gasteiger partial charge on any atom is 0.151 e. The molecule has 1 saturated carbocycles. The molecule has 2 atom stereocenters. The van der Waals surface area contributed by atoms with Crippen molar-refractivity contribution < 1.29 is 13.6 Å².